The van der Waals surface area contributed by atoms with Crippen LogP contribution in [-0.4, -0.2) is 27.3 Å². The largest absolute Gasteiger partial charge is 0.367 e. The third-order valence-corrected chi connectivity index (χ3v) is 4.02. The fraction of sp³-hybridized carbons (Fsp3) is 0.727. The molecule has 1 aromatic heterocycles. The van der Waals surface area contributed by atoms with Crippen molar-refractivity contribution >= 4 is 17.6 Å². The van der Waals surface area contributed by atoms with Crippen molar-refractivity contribution in [1.29, 1.82) is 0 Å². The van der Waals surface area contributed by atoms with Crippen molar-refractivity contribution in [3.8, 4) is 0 Å². The first-order valence-corrected chi connectivity index (χ1v) is 6.82. The van der Waals surface area contributed by atoms with Gasteiger partial charge in [-0.1, -0.05) is 6.92 Å². The van der Waals surface area contributed by atoms with E-state index in [0.29, 0.717) is 6.04 Å². The Labute approximate surface area is 95.6 Å². The number of hydrogen-bond acceptors (Lipinski definition) is 3. The molecule has 0 spiro atoms. The molecule has 0 unspecified atom stereocenters. The average molecular weight is 225 g/mol. The first kappa shape index (κ1) is 10.9. The molecule has 1 fully saturated rings. The molecule has 15 heavy (non-hydrogen) atoms. The van der Waals surface area contributed by atoms with E-state index < -0.39 is 0 Å². The van der Waals surface area contributed by atoms with E-state index in [1.165, 1.54) is 35.9 Å². The summed E-state index contributed by atoms with van der Waals surface area (Å²) in [6, 6.07) is 2.79. The normalized spacial score (nSPS) is 21.6. The van der Waals surface area contributed by atoms with Crippen molar-refractivity contribution in [2.75, 3.05) is 16.8 Å². The monoisotopic (exact) mass is 225 g/mol. The smallest absolute Gasteiger partial charge is 0.124 e. The first-order valence-electron chi connectivity index (χ1n) is 5.66. The van der Waals surface area contributed by atoms with Crippen LogP contribution in [0.25, 0.3) is 0 Å². The predicted octanol–water partition coefficient (Wildman–Crippen LogP) is 2.29. The van der Waals surface area contributed by atoms with Crippen LogP contribution in [0, 0.1) is 0 Å². The number of nitrogens with zero attached hydrogens (tertiary/aromatic N) is 2. The van der Waals surface area contributed by atoms with Gasteiger partial charge in [-0.25, -0.2) is 0 Å². The molecule has 4 heteroatoms. The van der Waals surface area contributed by atoms with Crippen LogP contribution in [0.2, 0.25) is 0 Å². The van der Waals surface area contributed by atoms with Crippen molar-refractivity contribution in [2.45, 2.75) is 32.2 Å². The molecular weight excluding hydrogens is 206 g/mol. The Kier molecular flexibility index (Phi) is 3.57. The molecule has 0 aromatic carbocycles. The summed E-state index contributed by atoms with van der Waals surface area (Å²) in [5.41, 5.74) is 1.17. The minimum absolute atomic E-state index is 0.629. The summed E-state index contributed by atoms with van der Waals surface area (Å²) in [6.45, 7) is 2.14. The van der Waals surface area contributed by atoms with E-state index in [1.807, 2.05) is 23.5 Å². The van der Waals surface area contributed by atoms with E-state index in [4.69, 9.17) is 0 Å². The summed E-state index contributed by atoms with van der Waals surface area (Å²) >= 11 is 2.05. The molecule has 2 rings (SSSR count). The highest BCUT2D eigenvalue weighted by atomic mass is 32.2. The lowest BCUT2D eigenvalue weighted by Crippen LogP contribution is -2.26. The zero-order chi connectivity index (χ0) is 10.7. The highest BCUT2D eigenvalue weighted by Gasteiger charge is 2.15. The van der Waals surface area contributed by atoms with E-state index in [0.717, 1.165) is 6.42 Å². The van der Waals surface area contributed by atoms with Crippen molar-refractivity contribution in [3.05, 3.63) is 11.8 Å². The molecule has 0 radical (unpaired) electrons. The number of aryl methyl sites for hydroxylation is 2. The van der Waals surface area contributed by atoms with Gasteiger partial charge in [0.25, 0.3) is 0 Å². The molecule has 0 amide bonds. The van der Waals surface area contributed by atoms with Crippen molar-refractivity contribution in [2.24, 2.45) is 7.05 Å². The van der Waals surface area contributed by atoms with Gasteiger partial charge < -0.3 is 5.32 Å². The number of aromatic nitrogens is 2. The van der Waals surface area contributed by atoms with Crippen LogP contribution in [0.15, 0.2) is 6.07 Å². The van der Waals surface area contributed by atoms with Gasteiger partial charge in [0.1, 0.15) is 5.82 Å². The van der Waals surface area contributed by atoms with Crippen LogP contribution < -0.4 is 5.32 Å². The van der Waals surface area contributed by atoms with Crippen molar-refractivity contribution in [1.82, 2.24) is 9.78 Å². The second-order valence-corrected chi connectivity index (χ2v) is 5.21. The quantitative estimate of drug-likeness (QED) is 0.856. The third kappa shape index (κ3) is 2.68. The number of rotatable bonds is 3. The Hall–Kier alpha value is -0.640. The predicted molar refractivity (Wildman–Crippen MR) is 66.6 cm³/mol. The van der Waals surface area contributed by atoms with Crippen LogP contribution in [0.1, 0.15) is 25.5 Å². The topological polar surface area (TPSA) is 29.9 Å². The third-order valence-electron chi connectivity index (χ3n) is 2.80. The van der Waals surface area contributed by atoms with E-state index in [9.17, 15) is 0 Å². The lowest BCUT2D eigenvalue weighted by atomic mass is 10.2. The fourth-order valence-electron chi connectivity index (χ4n) is 1.90. The summed E-state index contributed by atoms with van der Waals surface area (Å²) in [6.07, 6.45) is 3.63. The number of thioether (sulfide) groups is 1. The fourth-order valence-corrected chi connectivity index (χ4v) is 2.97. The molecule has 84 valence electrons. The molecule has 0 saturated carbocycles. The summed E-state index contributed by atoms with van der Waals surface area (Å²) in [5.74, 6) is 3.72. The SMILES string of the molecule is CCc1cc(N[C@H]2CCCSC2)n(C)n1. The van der Waals surface area contributed by atoms with Gasteiger partial charge in [-0.2, -0.15) is 16.9 Å². The van der Waals surface area contributed by atoms with Crippen LogP contribution in [0.5, 0.6) is 0 Å². The molecule has 0 aliphatic carbocycles. The number of nitrogens with one attached hydrogen (secondary N) is 1. The van der Waals surface area contributed by atoms with Gasteiger partial charge in [0.05, 0.1) is 5.69 Å². The van der Waals surface area contributed by atoms with E-state index in [-0.39, 0.29) is 0 Å². The van der Waals surface area contributed by atoms with Gasteiger partial charge in [-0.3, -0.25) is 4.68 Å². The Morgan fingerprint density at radius 3 is 3.13 bits per heavy atom. The number of anilines is 1. The maximum atomic E-state index is 4.44. The lowest BCUT2D eigenvalue weighted by Gasteiger charge is -2.23. The number of hydrogen-bond donors (Lipinski definition) is 1. The second-order valence-electron chi connectivity index (χ2n) is 4.06. The minimum Gasteiger partial charge on any atom is -0.367 e. The van der Waals surface area contributed by atoms with Crippen LogP contribution in [0.4, 0.5) is 5.82 Å². The van der Waals surface area contributed by atoms with Crippen molar-refractivity contribution < 1.29 is 0 Å². The average Bonchev–Trinajstić information content (AvgIpc) is 2.61. The highest BCUT2D eigenvalue weighted by Crippen LogP contribution is 2.21. The Bertz CT molecular complexity index is 316. The minimum atomic E-state index is 0.629. The second kappa shape index (κ2) is 4.92. The summed E-state index contributed by atoms with van der Waals surface area (Å²) in [7, 11) is 2.01. The maximum absolute atomic E-state index is 4.44. The van der Waals surface area contributed by atoms with Crippen LogP contribution in [-0.2, 0) is 13.5 Å². The van der Waals surface area contributed by atoms with Gasteiger partial charge >= 0.3 is 0 Å². The molecular formula is C11H19N3S. The molecule has 3 nitrogen and oxygen atoms in total. The maximum Gasteiger partial charge on any atom is 0.124 e. The molecule has 0 bridgehead atoms. The molecule has 1 N–H and O–H groups in total. The van der Waals surface area contributed by atoms with Crippen LogP contribution in [0.3, 0.4) is 0 Å². The van der Waals surface area contributed by atoms with Crippen LogP contribution >= 0.6 is 11.8 Å². The molecule has 1 aliphatic heterocycles. The molecule has 2 heterocycles. The lowest BCUT2D eigenvalue weighted by molar-refractivity contribution is 0.666. The zero-order valence-electron chi connectivity index (χ0n) is 9.49. The van der Waals surface area contributed by atoms with E-state index in [1.54, 1.807) is 0 Å². The molecule has 1 aliphatic rings. The molecule has 1 saturated heterocycles. The Balaban J connectivity index is 1.99. The van der Waals surface area contributed by atoms with Gasteiger partial charge in [0.15, 0.2) is 0 Å². The molecule has 1 atom stereocenters. The highest BCUT2D eigenvalue weighted by molar-refractivity contribution is 7.99. The Morgan fingerprint density at radius 2 is 2.53 bits per heavy atom. The summed E-state index contributed by atoms with van der Waals surface area (Å²) in [5, 5.41) is 8.03. The summed E-state index contributed by atoms with van der Waals surface area (Å²) < 4.78 is 1.96. The summed E-state index contributed by atoms with van der Waals surface area (Å²) in [4.78, 5) is 0. The van der Waals surface area contributed by atoms with Gasteiger partial charge in [-0.05, 0) is 25.0 Å². The standard InChI is InChI=1S/C11H19N3S/c1-3-9-7-11(14(2)13-9)12-10-5-4-6-15-8-10/h7,10,12H,3-6,8H2,1-2H3/t10-/m0/s1. The van der Waals surface area contributed by atoms with Gasteiger partial charge in [0, 0.05) is 24.9 Å². The van der Waals surface area contributed by atoms with E-state index in [2.05, 4.69) is 23.4 Å². The first-order chi connectivity index (χ1) is 7.29. The van der Waals surface area contributed by atoms with E-state index >= 15 is 0 Å². The van der Waals surface area contributed by atoms with Gasteiger partial charge in [0.2, 0.25) is 0 Å². The molecule has 1 aromatic rings. The van der Waals surface area contributed by atoms with Gasteiger partial charge in [-0.15, -0.1) is 0 Å². The van der Waals surface area contributed by atoms with Crippen molar-refractivity contribution in [3.63, 3.8) is 0 Å². The zero-order valence-corrected chi connectivity index (χ0v) is 10.3. The Morgan fingerprint density at radius 1 is 1.67 bits per heavy atom.